The highest BCUT2D eigenvalue weighted by atomic mass is 19.1. The Morgan fingerprint density at radius 3 is 2.44 bits per heavy atom. The van der Waals surface area contributed by atoms with Crippen LogP contribution in [0.1, 0.15) is 39.2 Å². The fourth-order valence-electron chi connectivity index (χ4n) is 2.62. The minimum atomic E-state index is -0.453. The molecule has 25 heavy (non-hydrogen) atoms. The van der Waals surface area contributed by atoms with Crippen LogP contribution in [0.15, 0.2) is 48.5 Å². The number of rotatable bonds is 4. The van der Waals surface area contributed by atoms with Crippen LogP contribution in [0.3, 0.4) is 0 Å². The van der Waals surface area contributed by atoms with Crippen LogP contribution in [0.5, 0.6) is 0 Å². The Balaban J connectivity index is 1.96. The molecule has 128 valence electrons. The Bertz CT molecular complexity index is 905. The topological polar surface area (TPSA) is 59.8 Å². The van der Waals surface area contributed by atoms with E-state index in [1.165, 1.54) is 18.2 Å². The number of nitrogens with one attached hydrogen (secondary N) is 1. The first-order valence-electron chi connectivity index (χ1n) is 7.95. The number of carbonyl (C=O) groups excluding carboxylic acids is 1. The van der Waals surface area contributed by atoms with Crippen molar-refractivity contribution in [1.82, 2.24) is 20.1 Å². The van der Waals surface area contributed by atoms with Crippen molar-refractivity contribution < 1.29 is 9.18 Å². The second-order valence-electron chi connectivity index (χ2n) is 5.95. The van der Waals surface area contributed by atoms with Crippen molar-refractivity contribution in [3.63, 3.8) is 0 Å². The number of aryl methyl sites for hydroxylation is 2. The first-order chi connectivity index (χ1) is 12.0. The fraction of sp³-hybridized carbons (Fsp3) is 0.211. The zero-order chi connectivity index (χ0) is 18.0. The van der Waals surface area contributed by atoms with Gasteiger partial charge in [0.05, 0.1) is 0 Å². The minimum absolute atomic E-state index is 0.294. The Hall–Kier alpha value is -3.02. The Morgan fingerprint density at radius 1 is 1.12 bits per heavy atom. The van der Waals surface area contributed by atoms with Crippen LogP contribution in [0.4, 0.5) is 4.39 Å². The molecule has 1 atom stereocenters. The summed E-state index contributed by atoms with van der Waals surface area (Å²) in [6.07, 6.45) is 0. The van der Waals surface area contributed by atoms with Crippen LogP contribution in [0.25, 0.3) is 0 Å². The van der Waals surface area contributed by atoms with Gasteiger partial charge in [-0.05, 0) is 43.2 Å². The van der Waals surface area contributed by atoms with Gasteiger partial charge in [0, 0.05) is 12.6 Å². The molecular weight excluding hydrogens is 319 g/mol. The summed E-state index contributed by atoms with van der Waals surface area (Å²) in [7, 11) is 1.86. The van der Waals surface area contributed by atoms with E-state index < -0.39 is 6.04 Å². The summed E-state index contributed by atoms with van der Waals surface area (Å²) in [4.78, 5) is 12.7. The molecule has 0 aliphatic heterocycles. The fourth-order valence-corrected chi connectivity index (χ4v) is 2.62. The number of halogens is 1. The molecule has 0 spiro atoms. The summed E-state index contributed by atoms with van der Waals surface area (Å²) in [5, 5.41) is 11.3. The van der Waals surface area contributed by atoms with Gasteiger partial charge < -0.3 is 9.88 Å². The zero-order valence-electron chi connectivity index (χ0n) is 14.3. The lowest BCUT2D eigenvalue weighted by Crippen LogP contribution is -2.31. The first kappa shape index (κ1) is 16.8. The van der Waals surface area contributed by atoms with Crippen LogP contribution in [0.2, 0.25) is 0 Å². The molecule has 1 aromatic heterocycles. The maximum Gasteiger partial charge on any atom is 0.252 e. The predicted octanol–water partition coefficient (Wildman–Crippen LogP) is 3.09. The highest BCUT2D eigenvalue weighted by Crippen LogP contribution is 2.21. The summed E-state index contributed by atoms with van der Waals surface area (Å²) in [5.41, 5.74) is 1.72. The van der Waals surface area contributed by atoms with E-state index in [0.29, 0.717) is 17.0 Å². The van der Waals surface area contributed by atoms with E-state index >= 15 is 0 Å². The van der Waals surface area contributed by atoms with Crippen molar-refractivity contribution in [2.75, 3.05) is 0 Å². The summed E-state index contributed by atoms with van der Waals surface area (Å²) < 4.78 is 15.3. The smallest absolute Gasteiger partial charge is 0.252 e. The molecule has 0 bridgehead atoms. The SMILES string of the molecule is Cc1cc(C(=O)NC(c2ccccc2)c2nnc(C)n2C)ccc1F. The molecule has 6 heteroatoms. The van der Waals surface area contributed by atoms with Gasteiger partial charge in [0.2, 0.25) is 0 Å². The molecule has 1 unspecified atom stereocenters. The van der Waals surface area contributed by atoms with Crippen molar-refractivity contribution in [2.24, 2.45) is 7.05 Å². The lowest BCUT2D eigenvalue weighted by Gasteiger charge is -2.19. The van der Waals surface area contributed by atoms with Crippen molar-refractivity contribution >= 4 is 5.91 Å². The largest absolute Gasteiger partial charge is 0.338 e. The number of amides is 1. The van der Waals surface area contributed by atoms with Crippen LogP contribution >= 0.6 is 0 Å². The monoisotopic (exact) mass is 338 g/mol. The van der Waals surface area contributed by atoms with Gasteiger partial charge in [-0.3, -0.25) is 4.79 Å². The first-order valence-corrected chi connectivity index (χ1v) is 7.95. The predicted molar refractivity (Wildman–Crippen MR) is 92.6 cm³/mol. The van der Waals surface area contributed by atoms with Crippen LogP contribution in [-0.4, -0.2) is 20.7 Å². The molecular formula is C19H19FN4O. The molecule has 0 saturated carbocycles. The van der Waals surface area contributed by atoms with Crippen LogP contribution in [0, 0.1) is 19.7 Å². The summed E-state index contributed by atoms with van der Waals surface area (Å²) in [5.74, 6) is 0.761. The van der Waals surface area contributed by atoms with E-state index in [-0.39, 0.29) is 11.7 Å². The van der Waals surface area contributed by atoms with E-state index in [4.69, 9.17) is 0 Å². The third kappa shape index (κ3) is 3.42. The van der Waals surface area contributed by atoms with Gasteiger partial charge in [0.25, 0.3) is 5.91 Å². The van der Waals surface area contributed by atoms with Gasteiger partial charge >= 0.3 is 0 Å². The molecule has 1 N–H and O–H groups in total. The van der Waals surface area contributed by atoms with Gasteiger partial charge in [-0.15, -0.1) is 10.2 Å². The number of carbonyl (C=O) groups is 1. The Labute approximate surface area is 145 Å². The minimum Gasteiger partial charge on any atom is -0.338 e. The molecule has 0 fully saturated rings. The molecule has 3 rings (SSSR count). The van der Waals surface area contributed by atoms with Crippen LogP contribution in [-0.2, 0) is 7.05 Å². The van der Waals surface area contributed by atoms with E-state index in [1.807, 2.05) is 48.9 Å². The van der Waals surface area contributed by atoms with E-state index in [0.717, 1.165) is 11.4 Å². The van der Waals surface area contributed by atoms with E-state index in [9.17, 15) is 9.18 Å². The summed E-state index contributed by atoms with van der Waals surface area (Å²) >= 11 is 0. The highest BCUT2D eigenvalue weighted by molar-refractivity contribution is 5.94. The molecule has 5 nitrogen and oxygen atoms in total. The zero-order valence-corrected chi connectivity index (χ0v) is 14.3. The molecule has 1 amide bonds. The maximum atomic E-state index is 13.5. The molecule has 2 aromatic carbocycles. The quantitative estimate of drug-likeness (QED) is 0.795. The average molecular weight is 338 g/mol. The Kier molecular flexibility index (Phi) is 4.61. The third-order valence-corrected chi connectivity index (χ3v) is 4.21. The molecule has 1 heterocycles. The lowest BCUT2D eigenvalue weighted by molar-refractivity contribution is 0.0941. The van der Waals surface area contributed by atoms with Crippen molar-refractivity contribution in [3.8, 4) is 0 Å². The van der Waals surface area contributed by atoms with Gasteiger partial charge in [-0.2, -0.15) is 0 Å². The average Bonchev–Trinajstić information content (AvgIpc) is 2.95. The van der Waals surface area contributed by atoms with Gasteiger partial charge in [-0.1, -0.05) is 30.3 Å². The van der Waals surface area contributed by atoms with E-state index in [1.54, 1.807) is 6.92 Å². The number of benzene rings is 2. The van der Waals surface area contributed by atoms with Gasteiger partial charge in [0.15, 0.2) is 5.82 Å². The van der Waals surface area contributed by atoms with Gasteiger partial charge in [-0.25, -0.2) is 4.39 Å². The number of aromatic nitrogens is 3. The summed E-state index contributed by atoms with van der Waals surface area (Å²) in [6.45, 7) is 3.48. The molecule has 3 aromatic rings. The number of nitrogens with zero attached hydrogens (tertiary/aromatic N) is 3. The Morgan fingerprint density at radius 2 is 1.84 bits per heavy atom. The molecule has 0 aliphatic carbocycles. The van der Waals surface area contributed by atoms with Crippen LogP contribution < -0.4 is 5.32 Å². The number of hydrogen-bond acceptors (Lipinski definition) is 3. The van der Waals surface area contributed by atoms with E-state index in [2.05, 4.69) is 15.5 Å². The molecule has 0 saturated heterocycles. The maximum absolute atomic E-state index is 13.5. The second-order valence-corrected chi connectivity index (χ2v) is 5.95. The van der Waals surface area contributed by atoms with Crippen molar-refractivity contribution in [1.29, 1.82) is 0 Å². The van der Waals surface area contributed by atoms with Gasteiger partial charge in [0.1, 0.15) is 17.7 Å². The number of hydrogen-bond donors (Lipinski definition) is 1. The normalized spacial score (nSPS) is 12.0. The lowest BCUT2D eigenvalue weighted by atomic mass is 10.0. The molecule has 0 aliphatic rings. The summed E-state index contributed by atoms with van der Waals surface area (Å²) in [6, 6.07) is 13.4. The molecule has 0 radical (unpaired) electrons. The van der Waals surface area contributed by atoms with Crippen molar-refractivity contribution in [2.45, 2.75) is 19.9 Å². The van der Waals surface area contributed by atoms with Crippen molar-refractivity contribution in [3.05, 3.63) is 82.7 Å². The third-order valence-electron chi connectivity index (χ3n) is 4.21. The second kappa shape index (κ2) is 6.84. The highest BCUT2D eigenvalue weighted by Gasteiger charge is 2.23. The standard InChI is InChI=1S/C19H19FN4O/c1-12-11-15(9-10-16(12)20)19(25)21-17(14-7-5-4-6-8-14)18-23-22-13(2)24(18)3/h4-11,17H,1-3H3,(H,21,25).